The zero-order chi connectivity index (χ0) is 12.1. The van der Waals surface area contributed by atoms with Gasteiger partial charge in [-0.25, -0.2) is 4.98 Å². The lowest BCUT2D eigenvalue weighted by atomic mass is 10.2. The van der Waals surface area contributed by atoms with Gasteiger partial charge < -0.3 is 10.2 Å². The normalized spacial score (nSPS) is 14.5. The van der Waals surface area contributed by atoms with Crippen LogP contribution in [0.1, 0.15) is 18.7 Å². The smallest absolute Gasteiger partial charge is 0.185 e. The Morgan fingerprint density at radius 1 is 1.50 bits per heavy atom. The van der Waals surface area contributed by atoms with Gasteiger partial charge in [-0.1, -0.05) is 11.8 Å². The molecule has 1 aromatic rings. The molecule has 88 valence electrons. The Labute approximate surface area is 105 Å². The minimum Gasteiger partial charge on any atom is -0.389 e. The second-order valence-electron chi connectivity index (χ2n) is 3.08. The Morgan fingerprint density at radius 3 is 2.69 bits per heavy atom. The van der Waals surface area contributed by atoms with Crippen molar-refractivity contribution < 1.29 is 15.0 Å². The fraction of sp³-hybridized carbons (Fsp3) is 0.444. The molecule has 0 fully saturated rings. The monoisotopic (exact) mass is 306 g/mol. The summed E-state index contributed by atoms with van der Waals surface area (Å²) in [4.78, 5) is 18.5. The van der Waals surface area contributed by atoms with E-state index in [0.29, 0.717) is 4.60 Å². The van der Waals surface area contributed by atoms with Crippen LogP contribution in [-0.4, -0.2) is 37.2 Å². The molecule has 5 nitrogen and oxygen atoms in total. The van der Waals surface area contributed by atoms with Gasteiger partial charge in [0.05, 0.1) is 24.2 Å². The number of aliphatic hydroxyl groups excluding tert-OH is 2. The average Bonchev–Trinajstić information content (AvgIpc) is 2.26. The van der Waals surface area contributed by atoms with Gasteiger partial charge >= 0.3 is 0 Å². The van der Waals surface area contributed by atoms with Crippen LogP contribution in [0.25, 0.3) is 0 Å². The first-order valence-electron chi connectivity index (χ1n) is 4.47. The molecular weight excluding hydrogens is 296 g/mol. The molecule has 16 heavy (non-hydrogen) atoms. The van der Waals surface area contributed by atoms with Crippen molar-refractivity contribution in [2.75, 3.05) is 5.75 Å². The molecule has 2 N–H and O–H groups in total. The third-order valence-corrected chi connectivity index (χ3v) is 3.09. The largest absolute Gasteiger partial charge is 0.389 e. The number of nitrogens with zero attached hydrogens (tertiary/aromatic N) is 2. The maximum atomic E-state index is 10.7. The van der Waals surface area contributed by atoms with Crippen LogP contribution in [0.5, 0.6) is 0 Å². The highest BCUT2D eigenvalue weighted by Gasteiger charge is 2.20. The van der Waals surface area contributed by atoms with Gasteiger partial charge in [-0.2, -0.15) is 0 Å². The van der Waals surface area contributed by atoms with Gasteiger partial charge in [-0.15, -0.1) is 0 Å². The van der Waals surface area contributed by atoms with E-state index in [1.165, 1.54) is 19.3 Å². The molecule has 0 aliphatic heterocycles. The van der Waals surface area contributed by atoms with Gasteiger partial charge in [0.15, 0.2) is 5.12 Å². The van der Waals surface area contributed by atoms with Crippen LogP contribution >= 0.6 is 27.7 Å². The molecule has 1 heterocycles. The van der Waals surface area contributed by atoms with E-state index in [9.17, 15) is 15.0 Å². The third kappa shape index (κ3) is 4.17. The van der Waals surface area contributed by atoms with Crippen LogP contribution in [0.4, 0.5) is 0 Å². The number of rotatable bonds is 4. The number of halogens is 1. The van der Waals surface area contributed by atoms with E-state index in [4.69, 9.17) is 0 Å². The molecule has 1 aromatic heterocycles. The van der Waals surface area contributed by atoms with Crippen molar-refractivity contribution in [1.29, 1.82) is 0 Å². The molecule has 0 radical (unpaired) electrons. The van der Waals surface area contributed by atoms with Gasteiger partial charge in [-0.05, 0) is 15.9 Å². The molecule has 0 aromatic carbocycles. The highest BCUT2D eigenvalue weighted by atomic mass is 79.9. The summed E-state index contributed by atoms with van der Waals surface area (Å²) in [5.74, 6) is 0.133. The van der Waals surface area contributed by atoms with Crippen LogP contribution in [0.3, 0.4) is 0 Å². The van der Waals surface area contributed by atoms with Gasteiger partial charge in [0, 0.05) is 12.7 Å². The fourth-order valence-corrected chi connectivity index (χ4v) is 1.76. The molecule has 0 saturated carbocycles. The Bertz CT molecular complexity index is 360. The topological polar surface area (TPSA) is 83.3 Å². The summed E-state index contributed by atoms with van der Waals surface area (Å²) >= 11 is 4.07. The molecule has 0 aliphatic carbocycles. The molecule has 0 aliphatic rings. The van der Waals surface area contributed by atoms with E-state index in [2.05, 4.69) is 25.9 Å². The summed E-state index contributed by atoms with van der Waals surface area (Å²) in [6.07, 6.45) is 0.636. The molecule has 1 rings (SSSR count). The zero-order valence-corrected chi connectivity index (χ0v) is 10.9. The number of aliphatic hydroxyl groups is 2. The van der Waals surface area contributed by atoms with Gasteiger partial charge in [-0.3, -0.25) is 9.78 Å². The summed E-state index contributed by atoms with van der Waals surface area (Å²) in [6.45, 7) is 1.41. The molecule has 2 atom stereocenters. The van der Waals surface area contributed by atoms with Crippen LogP contribution in [0, 0.1) is 0 Å². The predicted octanol–water partition coefficient (Wildman–Crippen LogP) is 0.913. The molecule has 2 unspecified atom stereocenters. The Morgan fingerprint density at radius 2 is 2.19 bits per heavy atom. The van der Waals surface area contributed by atoms with Crippen LogP contribution < -0.4 is 0 Å². The van der Waals surface area contributed by atoms with E-state index < -0.39 is 12.2 Å². The molecule has 0 bridgehead atoms. The highest BCUT2D eigenvalue weighted by Crippen LogP contribution is 2.18. The number of thioether (sulfide) groups is 1. The Kier molecular flexibility index (Phi) is 5.33. The number of hydrogen-bond acceptors (Lipinski definition) is 6. The lowest BCUT2D eigenvalue weighted by molar-refractivity contribution is -0.109. The molecule has 0 amide bonds. The van der Waals surface area contributed by atoms with E-state index in [-0.39, 0.29) is 16.6 Å². The highest BCUT2D eigenvalue weighted by molar-refractivity contribution is 9.10. The second kappa shape index (κ2) is 6.29. The maximum absolute atomic E-state index is 10.7. The third-order valence-electron chi connectivity index (χ3n) is 1.77. The molecule has 7 heteroatoms. The minimum absolute atomic E-state index is 0.104. The van der Waals surface area contributed by atoms with Crippen molar-refractivity contribution in [1.82, 2.24) is 9.97 Å². The summed E-state index contributed by atoms with van der Waals surface area (Å²) < 4.78 is 0.552. The second-order valence-corrected chi connectivity index (χ2v) is 5.09. The van der Waals surface area contributed by atoms with Crippen LogP contribution in [0.2, 0.25) is 0 Å². The lowest BCUT2D eigenvalue weighted by Gasteiger charge is -2.15. The number of hydrogen-bond donors (Lipinski definition) is 2. The number of carbonyl (C=O) groups is 1. The van der Waals surface area contributed by atoms with Crippen molar-refractivity contribution in [3.8, 4) is 0 Å². The summed E-state index contributed by atoms with van der Waals surface area (Å²) in [7, 11) is 0. The van der Waals surface area contributed by atoms with E-state index in [1.54, 1.807) is 0 Å². The molecule has 0 saturated heterocycles. The lowest BCUT2D eigenvalue weighted by Crippen LogP contribution is -2.22. The predicted molar refractivity (Wildman–Crippen MR) is 63.8 cm³/mol. The van der Waals surface area contributed by atoms with Crippen molar-refractivity contribution in [3.05, 3.63) is 22.7 Å². The summed E-state index contributed by atoms with van der Waals surface area (Å²) in [5, 5.41) is 19.2. The summed E-state index contributed by atoms with van der Waals surface area (Å²) in [5.41, 5.74) is 0.278. The standard InChI is InChI=1S/C9H11BrN2O3S/c1-5(13)16-4-7(14)9(15)6-2-12-8(10)3-11-6/h2-3,7,9,14-15H,4H2,1H3. The van der Waals surface area contributed by atoms with E-state index >= 15 is 0 Å². The first-order valence-corrected chi connectivity index (χ1v) is 6.25. The first kappa shape index (κ1) is 13.6. The van der Waals surface area contributed by atoms with Gasteiger partial charge in [0.2, 0.25) is 0 Å². The SMILES string of the molecule is CC(=O)SCC(O)C(O)c1cnc(Br)cn1. The average molecular weight is 307 g/mol. The van der Waals surface area contributed by atoms with Crippen molar-refractivity contribution in [3.63, 3.8) is 0 Å². The first-order chi connectivity index (χ1) is 7.50. The number of carbonyl (C=O) groups excluding carboxylic acids is 1. The van der Waals surface area contributed by atoms with Gasteiger partial charge in [0.1, 0.15) is 10.7 Å². The molecule has 0 spiro atoms. The fourth-order valence-electron chi connectivity index (χ4n) is 0.966. The quantitative estimate of drug-likeness (QED) is 0.860. The van der Waals surface area contributed by atoms with E-state index in [1.807, 2.05) is 0 Å². The van der Waals surface area contributed by atoms with Crippen LogP contribution in [-0.2, 0) is 4.79 Å². The Hall–Kier alpha value is -0.500. The van der Waals surface area contributed by atoms with E-state index in [0.717, 1.165) is 11.8 Å². The van der Waals surface area contributed by atoms with Gasteiger partial charge in [0.25, 0.3) is 0 Å². The zero-order valence-electron chi connectivity index (χ0n) is 8.50. The number of aromatic nitrogens is 2. The summed E-state index contributed by atoms with van der Waals surface area (Å²) in [6, 6.07) is 0. The van der Waals surface area contributed by atoms with Crippen molar-refractivity contribution in [2.45, 2.75) is 19.1 Å². The van der Waals surface area contributed by atoms with Crippen molar-refractivity contribution in [2.24, 2.45) is 0 Å². The Balaban J connectivity index is 2.59. The molecular formula is C9H11BrN2O3S. The maximum Gasteiger partial charge on any atom is 0.185 e. The van der Waals surface area contributed by atoms with Crippen LogP contribution in [0.15, 0.2) is 17.0 Å². The van der Waals surface area contributed by atoms with Crippen molar-refractivity contribution >= 4 is 32.8 Å². The minimum atomic E-state index is -1.13.